The second kappa shape index (κ2) is 3.88. The molecule has 0 atom stereocenters. The molecule has 0 aliphatic heterocycles. The van der Waals surface area contributed by atoms with Gasteiger partial charge in [0.05, 0.1) is 11.0 Å². The van der Waals surface area contributed by atoms with Gasteiger partial charge in [0, 0.05) is 18.3 Å². The summed E-state index contributed by atoms with van der Waals surface area (Å²) in [5.74, 6) is 0.959. The summed E-state index contributed by atoms with van der Waals surface area (Å²) in [6.45, 7) is 2.08. The van der Waals surface area contributed by atoms with Gasteiger partial charge in [-0.3, -0.25) is 0 Å². The summed E-state index contributed by atoms with van der Waals surface area (Å²) < 4.78 is 2.11. The number of aromatic nitrogens is 2. The molecule has 0 aliphatic rings. The first kappa shape index (κ1) is 10.8. The first-order valence-corrected chi connectivity index (χ1v) is 5.95. The standard InChI is InChI=1S/C15H15N3/c1-10-7-8-11(16)9-12(10)15-17-13-5-3-4-6-14(13)18(15)2/h3-9H,16H2,1-2H3. The van der Waals surface area contributed by atoms with Gasteiger partial charge in [-0.2, -0.15) is 0 Å². The van der Waals surface area contributed by atoms with Gasteiger partial charge in [-0.05, 0) is 36.8 Å². The minimum Gasteiger partial charge on any atom is -0.399 e. The molecule has 0 amide bonds. The zero-order chi connectivity index (χ0) is 12.7. The van der Waals surface area contributed by atoms with Crippen molar-refractivity contribution in [2.24, 2.45) is 7.05 Å². The average Bonchev–Trinajstić information content (AvgIpc) is 2.71. The first-order chi connectivity index (χ1) is 8.66. The normalized spacial score (nSPS) is 11.0. The Kier molecular flexibility index (Phi) is 2.33. The molecular weight excluding hydrogens is 222 g/mol. The molecule has 0 bridgehead atoms. The Morgan fingerprint density at radius 3 is 2.67 bits per heavy atom. The zero-order valence-corrected chi connectivity index (χ0v) is 10.5. The van der Waals surface area contributed by atoms with Crippen molar-refractivity contribution in [1.82, 2.24) is 9.55 Å². The third-order valence-corrected chi connectivity index (χ3v) is 3.29. The van der Waals surface area contributed by atoms with Gasteiger partial charge in [-0.25, -0.2) is 4.98 Å². The lowest BCUT2D eigenvalue weighted by atomic mass is 10.1. The quantitative estimate of drug-likeness (QED) is 0.661. The maximum absolute atomic E-state index is 5.87. The fourth-order valence-corrected chi connectivity index (χ4v) is 2.27. The Hall–Kier alpha value is -2.29. The lowest BCUT2D eigenvalue weighted by molar-refractivity contribution is 0.957. The first-order valence-electron chi connectivity index (χ1n) is 5.95. The van der Waals surface area contributed by atoms with Crippen molar-refractivity contribution < 1.29 is 0 Å². The fraction of sp³-hybridized carbons (Fsp3) is 0.133. The molecule has 90 valence electrons. The number of rotatable bonds is 1. The molecule has 0 fully saturated rings. The molecule has 2 aromatic carbocycles. The van der Waals surface area contributed by atoms with E-state index >= 15 is 0 Å². The summed E-state index contributed by atoms with van der Waals surface area (Å²) in [6, 6.07) is 14.1. The van der Waals surface area contributed by atoms with E-state index < -0.39 is 0 Å². The van der Waals surface area contributed by atoms with Crippen molar-refractivity contribution >= 4 is 16.7 Å². The van der Waals surface area contributed by atoms with E-state index in [0.29, 0.717) is 0 Å². The number of anilines is 1. The smallest absolute Gasteiger partial charge is 0.141 e. The topological polar surface area (TPSA) is 43.8 Å². The van der Waals surface area contributed by atoms with Gasteiger partial charge in [0.1, 0.15) is 5.82 Å². The highest BCUT2D eigenvalue weighted by Crippen LogP contribution is 2.27. The van der Waals surface area contributed by atoms with E-state index in [1.807, 2.05) is 43.4 Å². The van der Waals surface area contributed by atoms with E-state index in [-0.39, 0.29) is 0 Å². The van der Waals surface area contributed by atoms with Gasteiger partial charge >= 0.3 is 0 Å². The predicted octanol–water partition coefficient (Wildman–Crippen LogP) is 3.13. The molecule has 3 heteroatoms. The van der Waals surface area contributed by atoms with Crippen molar-refractivity contribution in [1.29, 1.82) is 0 Å². The molecule has 0 aliphatic carbocycles. The minimum atomic E-state index is 0.766. The second-order valence-corrected chi connectivity index (χ2v) is 4.56. The number of hydrogen-bond acceptors (Lipinski definition) is 2. The molecule has 3 nitrogen and oxygen atoms in total. The third kappa shape index (κ3) is 1.56. The SMILES string of the molecule is Cc1ccc(N)cc1-c1nc2ccccc2n1C. The number of fused-ring (bicyclic) bond motifs is 1. The summed E-state index contributed by atoms with van der Waals surface area (Å²) in [4.78, 5) is 4.69. The second-order valence-electron chi connectivity index (χ2n) is 4.56. The Morgan fingerprint density at radius 2 is 1.89 bits per heavy atom. The molecule has 3 aromatic rings. The van der Waals surface area contributed by atoms with Gasteiger partial charge in [0.15, 0.2) is 0 Å². The Balaban J connectivity index is 2.31. The van der Waals surface area contributed by atoms with Gasteiger partial charge in [-0.15, -0.1) is 0 Å². The number of hydrogen-bond donors (Lipinski definition) is 1. The molecule has 0 unspecified atom stereocenters. The van der Waals surface area contributed by atoms with Crippen LogP contribution >= 0.6 is 0 Å². The van der Waals surface area contributed by atoms with E-state index in [1.165, 1.54) is 5.56 Å². The van der Waals surface area contributed by atoms with E-state index in [0.717, 1.165) is 28.1 Å². The van der Waals surface area contributed by atoms with E-state index in [4.69, 9.17) is 10.7 Å². The molecule has 0 saturated carbocycles. The predicted molar refractivity (Wildman–Crippen MR) is 75.3 cm³/mol. The summed E-state index contributed by atoms with van der Waals surface area (Å²) >= 11 is 0. The molecule has 1 heterocycles. The van der Waals surface area contributed by atoms with Gasteiger partial charge in [0.25, 0.3) is 0 Å². The lowest BCUT2D eigenvalue weighted by Gasteiger charge is -2.07. The summed E-state index contributed by atoms with van der Waals surface area (Å²) in [6.07, 6.45) is 0. The van der Waals surface area contributed by atoms with Crippen LogP contribution in [0.25, 0.3) is 22.4 Å². The summed E-state index contributed by atoms with van der Waals surface area (Å²) in [7, 11) is 2.04. The average molecular weight is 237 g/mol. The van der Waals surface area contributed by atoms with Gasteiger partial charge in [0.2, 0.25) is 0 Å². The van der Waals surface area contributed by atoms with Crippen molar-refractivity contribution in [3.8, 4) is 11.4 Å². The fourth-order valence-electron chi connectivity index (χ4n) is 2.27. The van der Waals surface area contributed by atoms with E-state index in [9.17, 15) is 0 Å². The Bertz CT molecular complexity index is 726. The van der Waals surface area contributed by atoms with Crippen LogP contribution in [0.3, 0.4) is 0 Å². The van der Waals surface area contributed by atoms with Crippen LogP contribution in [-0.4, -0.2) is 9.55 Å². The Labute approximate surface area is 106 Å². The van der Waals surface area contributed by atoms with Crippen LogP contribution in [-0.2, 0) is 7.05 Å². The van der Waals surface area contributed by atoms with E-state index in [1.54, 1.807) is 0 Å². The minimum absolute atomic E-state index is 0.766. The number of nitrogens with two attached hydrogens (primary N) is 1. The monoisotopic (exact) mass is 237 g/mol. The number of nitrogens with zero attached hydrogens (tertiary/aromatic N) is 2. The maximum atomic E-state index is 5.87. The van der Waals surface area contributed by atoms with Crippen molar-refractivity contribution in [2.45, 2.75) is 6.92 Å². The van der Waals surface area contributed by atoms with E-state index in [2.05, 4.69) is 17.6 Å². The van der Waals surface area contributed by atoms with Crippen LogP contribution in [0.15, 0.2) is 42.5 Å². The van der Waals surface area contributed by atoms with Crippen LogP contribution in [0.2, 0.25) is 0 Å². The molecule has 1 aromatic heterocycles. The van der Waals surface area contributed by atoms with Crippen LogP contribution in [0, 0.1) is 6.92 Å². The van der Waals surface area contributed by atoms with Crippen molar-refractivity contribution in [2.75, 3.05) is 5.73 Å². The molecule has 0 radical (unpaired) electrons. The highest BCUT2D eigenvalue weighted by Gasteiger charge is 2.11. The molecule has 0 saturated heterocycles. The van der Waals surface area contributed by atoms with Crippen LogP contribution in [0.5, 0.6) is 0 Å². The third-order valence-electron chi connectivity index (χ3n) is 3.29. The number of nitrogen functional groups attached to an aromatic ring is 1. The zero-order valence-electron chi connectivity index (χ0n) is 10.5. The highest BCUT2D eigenvalue weighted by molar-refractivity contribution is 5.81. The highest BCUT2D eigenvalue weighted by atomic mass is 15.1. The maximum Gasteiger partial charge on any atom is 0.141 e. The van der Waals surface area contributed by atoms with Crippen molar-refractivity contribution in [3.05, 3.63) is 48.0 Å². The van der Waals surface area contributed by atoms with Crippen LogP contribution in [0.4, 0.5) is 5.69 Å². The number of benzene rings is 2. The summed E-state index contributed by atoms with van der Waals surface area (Å²) in [5.41, 5.74) is 11.1. The van der Waals surface area contributed by atoms with Crippen LogP contribution < -0.4 is 5.73 Å². The van der Waals surface area contributed by atoms with Gasteiger partial charge < -0.3 is 10.3 Å². The van der Waals surface area contributed by atoms with Gasteiger partial charge in [-0.1, -0.05) is 18.2 Å². The number of aryl methyl sites for hydroxylation is 2. The largest absolute Gasteiger partial charge is 0.399 e. The molecular formula is C15H15N3. The molecule has 2 N–H and O–H groups in total. The van der Waals surface area contributed by atoms with Crippen LogP contribution in [0.1, 0.15) is 5.56 Å². The molecule has 3 rings (SSSR count). The summed E-state index contributed by atoms with van der Waals surface area (Å²) in [5, 5.41) is 0. The molecule has 18 heavy (non-hydrogen) atoms. The number of imidazole rings is 1. The molecule has 0 spiro atoms. The number of para-hydroxylation sites is 2. The Morgan fingerprint density at radius 1 is 1.11 bits per heavy atom. The van der Waals surface area contributed by atoms with Crippen molar-refractivity contribution in [3.63, 3.8) is 0 Å². The lowest BCUT2D eigenvalue weighted by Crippen LogP contribution is -1.96.